The summed E-state index contributed by atoms with van der Waals surface area (Å²) >= 11 is 0. The zero-order chi connectivity index (χ0) is 32.8. The molecule has 0 atom stereocenters. The molecular weight excluding hydrogens is 607 g/mol. The average Bonchev–Trinajstić information content (AvgIpc) is 3.55. The van der Waals surface area contributed by atoms with Crippen LogP contribution < -0.4 is 9.47 Å². The maximum atomic E-state index is 14.0. The lowest BCUT2D eigenvalue weighted by molar-refractivity contribution is -0.137. The number of imidazole rings is 1. The maximum Gasteiger partial charge on any atom is 0.416 e. The van der Waals surface area contributed by atoms with Gasteiger partial charge in [0.15, 0.2) is 0 Å². The van der Waals surface area contributed by atoms with Gasteiger partial charge in [0.1, 0.15) is 30.5 Å². The molecule has 0 saturated heterocycles. The number of hydrogen-bond donors (Lipinski definition) is 0. The number of rotatable bonds is 10. The van der Waals surface area contributed by atoms with Crippen molar-refractivity contribution in [2.75, 3.05) is 0 Å². The predicted octanol–water partition coefficient (Wildman–Crippen LogP) is 9.29. The smallest absolute Gasteiger partial charge is 0.416 e. The van der Waals surface area contributed by atoms with Crippen molar-refractivity contribution in [1.82, 2.24) is 9.55 Å². The van der Waals surface area contributed by atoms with Gasteiger partial charge in [-0.3, -0.25) is 9.36 Å². The van der Waals surface area contributed by atoms with Gasteiger partial charge in [0, 0.05) is 28.2 Å². The van der Waals surface area contributed by atoms with E-state index in [1.807, 2.05) is 66.7 Å². The molecule has 47 heavy (non-hydrogen) atoms. The summed E-state index contributed by atoms with van der Waals surface area (Å²) in [5.41, 5.74) is 1.64. The van der Waals surface area contributed by atoms with E-state index in [0.717, 1.165) is 17.2 Å². The van der Waals surface area contributed by atoms with Gasteiger partial charge in [-0.1, -0.05) is 84.9 Å². The van der Waals surface area contributed by atoms with Gasteiger partial charge >= 0.3 is 12.1 Å². The molecule has 0 spiro atoms. The predicted molar refractivity (Wildman–Crippen MR) is 171 cm³/mol. The van der Waals surface area contributed by atoms with E-state index in [0.29, 0.717) is 34.4 Å². The van der Waals surface area contributed by atoms with Crippen molar-refractivity contribution >= 4 is 5.91 Å². The van der Waals surface area contributed by atoms with Crippen LogP contribution in [-0.2, 0) is 19.4 Å². The second kappa shape index (κ2) is 13.5. The summed E-state index contributed by atoms with van der Waals surface area (Å²) in [5, 5.41) is 2.36. The summed E-state index contributed by atoms with van der Waals surface area (Å²) in [7, 11) is 0. The zero-order valence-electron chi connectivity index (χ0n) is 24.7. The molecule has 1 heterocycles. The van der Waals surface area contributed by atoms with E-state index in [-0.39, 0.29) is 24.7 Å². The van der Waals surface area contributed by atoms with Crippen LogP contribution >= 0.6 is 0 Å². The van der Waals surface area contributed by atoms with E-state index in [1.165, 1.54) is 10.6 Å². The fourth-order valence-electron chi connectivity index (χ4n) is 5.04. The van der Waals surface area contributed by atoms with E-state index in [2.05, 4.69) is 5.18 Å². The lowest BCUT2D eigenvalue weighted by Crippen LogP contribution is -2.09. The molecule has 10 heteroatoms. The zero-order valence-corrected chi connectivity index (χ0v) is 24.7. The topological polar surface area (TPSA) is 82.8 Å². The summed E-state index contributed by atoms with van der Waals surface area (Å²) in [5.74, 6) is -0.156. The fraction of sp³-hybridized carbons (Fsp3) is 0.0811. The summed E-state index contributed by atoms with van der Waals surface area (Å²) in [6.07, 6.45) is -3.25. The summed E-state index contributed by atoms with van der Waals surface area (Å²) in [6.45, 7) is 0.508. The molecule has 0 unspecified atom stereocenters. The first-order chi connectivity index (χ1) is 22.8. The molecule has 0 N–H and O–H groups in total. The number of alkyl halides is 3. The number of amides is 1. The van der Waals surface area contributed by atoms with Crippen LogP contribution in [0.3, 0.4) is 0 Å². The minimum absolute atomic E-state index is 0.0545. The van der Waals surface area contributed by atoms with Crippen LogP contribution in [-0.4, -0.2) is 15.5 Å². The first-order valence-corrected chi connectivity index (χ1v) is 14.5. The largest absolute Gasteiger partial charge is 0.488 e. The molecule has 6 rings (SSSR count). The van der Waals surface area contributed by atoms with E-state index < -0.39 is 23.2 Å². The quantitative estimate of drug-likeness (QED) is 0.140. The molecule has 0 aliphatic rings. The highest BCUT2D eigenvalue weighted by Crippen LogP contribution is 2.38. The normalized spacial score (nSPS) is 11.2. The van der Waals surface area contributed by atoms with Crippen LogP contribution in [0.1, 0.15) is 27.0 Å². The van der Waals surface area contributed by atoms with Gasteiger partial charge in [-0.25, -0.2) is 4.98 Å². The number of carbonyl (C=O) groups excluding carboxylic acids is 1. The molecule has 0 radical (unpaired) electrons. The van der Waals surface area contributed by atoms with Crippen molar-refractivity contribution in [2.45, 2.75) is 19.4 Å². The van der Waals surface area contributed by atoms with Crippen molar-refractivity contribution in [2.24, 2.45) is 5.18 Å². The van der Waals surface area contributed by atoms with E-state index in [9.17, 15) is 22.9 Å². The Bertz CT molecular complexity index is 2030. The average molecular weight is 634 g/mol. The Kier molecular flexibility index (Phi) is 8.92. The molecule has 6 aromatic rings. The SMILES string of the molecule is O=NC(=O)c1cc(-n2cc(-c3ccccc3OCc3ccccc3)nc2-c2ccccc2OCc2ccccc2)cc(C(F)(F)F)c1. The van der Waals surface area contributed by atoms with Crippen LogP contribution in [0.2, 0.25) is 0 Å². The van der Waals surface area contributed by atoms with E-state index >= 15 is 0 Å². The lowest BCUT2D eigenvalue weighted by atomic mass is 10.1. The molecule has 1 aromatic heterocycles. The van der Waals surface area contributed by atoms with Crippen molar-refractivity contribution in [1.29, 1.82) is 0 Å². The van der Waals surface area contributed by atoms with Crippen molar-refractivity contribution in [3.05, 3.63) is 161 Å². The number of nitrogens with zero attached hydrogens (tertiary/aromatic N) is 3. The molecular formula is C37H26F3N3O4. The molecule has 0 fully saturated rings. The third kappa shape index (κ3) is 7.12. The van der Waals surface area contributed by atoms with Gasteiger partial charge in [-0.15, -0.1) is 4.91 Å². The molecule has 0 aliphatic carbocycles. The fourth-order valence-corrected chi connectivity index (χ4v) is 5.04. The second-order valence-corrected chi connectivity index (χ2v) is 10.5. The van der Waals surface area contributed by atoms with Crippen molar-refractivity contribution in [3.8, 4) is 39.8 Å². The van der Waals surface area contributed by atoms with Crippen molar-refractivity contribution in [3.63, 3.8) is 0 Å². The van der Waals surface area contributed by atoms with Crippen LogP contribution in [0.4, 0.5) is 13.2 Å². The number of aromatic nitrogens is 2. The third-order valence-corrected chi connectivity index (χ3v) is 7.32. The Labute approximate surface area is 267 Å². The molecule has 0 saturated carbocycles. The first kappa shape index (κ1) is 31.0. The van der Waals surface area contributed by atoms with Gasteiger partial charge in [0.25, 0.3) is 0 Å². The molecule has 5 aromatic carbocycles. The highest BCUT2D eigenvalue weighted by atomic mass is 19.4. The highest BCUT2D eigenvalue weighted by Gasteiger charge is 2.32. The number of para-hydroxylation sites is 2. The van der Waals surface area contributed by atoms with E-state index in [4.69, 9.17) is 14.5 Å². The van der Waals surface area contributed by atoms with Crippen LogP contribution in [0.5, 0.6) is 11.5 Å². The minimum Gasteiger partial charge on any atom is -0.488 e. The van der Waals surface area contributed by atoms with Crippen LogP contribution in [0.25, 0.3) is 28.3 Å². The van der Waals surface area contributed by atoms with Gasteiger partial charge < -0.3 is 9.47 Å². The Morgan fingerprint density at radius 1 is 0.702 bits per heavy atom. The number of halogens is 3. The first-order valence-electron chi connectivity index (χ1n) is 14.5. The number of ether oxygens (including phenoxy) is 2. The van der Waals surface area contributed by atoms with Crippen LogP contribution in [0.15, 0.2) is 139 Å². The van der Waals surface area contributed by atoms with E-state index in [1.54, 1.807) is 48.7 Å². The molecule has 234 valence electrons. The Morgan fingerprint density at radius 2 is 1.23 bits per heavy atom. The monoisotopic (exact) mass is 633 g/mol. The van der Waals surface area contributed by atoms with Gasteiger partial charge in [-0.05, 0) is 53.6 Å². The number of hydrogen-bond acceptors (Lipinski definition) is 5. The van der Waals surface area contributed by atoms with Gasteiger partial charge in [0.05, 0.1) is 16.8 Å². The molecule has 0 aliphatic heterocycles. The maximum absolute atomic E-state index is 14.0. The molecule has 7 nitrogen and oxygen atoms in total. The Morgan fingerprint density at radius 3 is 1.81 bits per heavy atom. The standard InChI is InChI=1S/C37H26F3N3O4/c38-37(39,40)28-19-27(36(44)42-45)20-29(21-28)43-22-32(30-15-7-9-17-33(30)46-23-25-11-3-1-4-12-25)41-35(43)31-16-8-10-18-34(31)47-24-26-13-5-2-6-14-26/h1-22H,23-24H2. The summed E-state index contributed by atoms with van der Waals surface area (Å²) < 4.78 is 55.9. The highest BCUT2D eigenvalue weighted by molar-refractivity contribution is 5.95. The second-order valence-electron chi connectivity index (χ2n) is 10.5. The number of nitroso groups, excluding NO2 is 1. The van der Waals surface area contributed by atoms with Gasteiger partial charge in [-0.2, -0.15) is 13.2 Å². The minimum atomic E-state index is -4.81. The summed E-state index contributed by atoms with van der Waals surface area (Å²) in [4.78, 5) is 28.3. The number of carbonyl (C=O) groups is 1. The Hall–Kier alpha value is -6.03. The van der Waals surface area contributed by atoms with Crippen molar-refractivity contribution < 1.29 is 27.4 Å². The molecule has 1 amide bonds. The summed E-state index contributed by atoms with van der Waals surface area (Å²) in [6, 6.07) is 36.0. The molecule has 0 bridgehead atoms. The van der Waals surface area contributed by atoms with Gasteiger partial charge in [0.2, 0.25) is 0 Å². The number of benzene rings is 5. The third-order valence-electron chi connectivity index (χ3n) is 7.32. The van der Waals surface area contributed by atoms with Crippen LogP contribution in [0, 0.1) is 4.91 Å². The Balaban J connectivity index is 1.50. The lowest BCUT2D eigenvalue weighted by Gasteiger charge is -2.15.